The van der Waals surface area contributed by atoms with Crippen LogP contribution >= 0.6 is 11.6 Å². The molecule has 0 radical (unpaired) electrons. The number of benzene rings is 4. The van der Waals surface area contributed by atoms with E-state index in [0.717, 1.165) is 26.9 Å². The number of hydrogen-bond donors (Lipinski definition) is 0. The van der Waals surface area contributed by atoms with Gasteiger partial charge >= 0.3 is 0 Å². The second-order valence-electron chi connectivity index (χ2n) is 8.15. The molecule has 1 aliphatic heterocycles. The highest BCUT2D eigenvalue weighted by Crippen LogP contribution is 2.32. The maximum Gasteiger partial charge on any atom is 0.283 e. The summed E-state index contributed by atoms with van der Waals surface area (Å²) in [5, 5.41) is 7.79. The summed E-state index contributed by atoms with van der Waals surface area (Å²) in [5.41, 5.74) is 2.94. The quantitative estimate of drug-likeness (QED) is 0.241. The van der Waals surface area contributed by atoms with Crippen LogP contribution in [0.15, 0.2) is 102 Å². The molecule has 1 heterocycles. The van der Waals surface area contributed by atoms with Crippen LogP contribution in [0, 0.1) is 0 Å². The first-order valence-corrected chi connectivity index (χ1v) is 11.5. The fraction of sp³-hybridized carbons (Fsp3) is 0.0690. The van der Waals surface area contributed by atoms with Gasteiger partial charge in [0.05, 0.1) is 11.3 Å². The minimum atomic E-state index is -0.465. The van der Waals surface area contributed by atoms with Gasteiger partial charge in [0.1, 0.15) is 12.4 Å². The van der Waals surface area contributed by atoms with E-state index >= 15 is 0 Å². The summed E-state index contributed by atoms with van der Waals surface area (Å²) in [5.74, 6) is -0.303. The van der Waals surface area contributed by atoms with Gasteiger partial charge in [0, 0.05) is 16.1 Å². The van der Waals surface area contributed by atoms with E-state index in [1.807, 2.05) is 66.7 Å². The van der Waals surface area contributed by atoms with Crippen molar-refractivity contribution in [1.29, 1.82) is 0 Å². The lowest BCUT2D eigenvalue weighted by atomic mass is 9.99. The Kier molecular flexibility index (Phi) is 6.17. The third-order valence-corrected chi connectivity index (χ3v) is 6.05. The van der Waals surface area contributed by atoms with Gasteiger partial charge in [0.15, 0.2) is 0 Å². The average molecular weight is 481 g/mol. The number of carbonyl (C=O) groups is 2. The van der Waals surface area contributed by atoms with E-state index in [4.69, 9.17) is 16.3 Å². The lowest BCUT2D eigenvalue weighted by molar-refractivity contribution is -0.123. The minimum Gasteiger partial charge on any atom is -0.488 e. The molecule has 0 atom stereocenters. The first kappa shape index (κ1) is 22.6. The zero-order valence-electron chi connectivity index (χ0n) is 18.9. The second kappa shape index (κ2) is 9.57. The Labute approximate surface area is 207 Å². The topological polar surface area (TPSA) is 59.0 Å². The fourth-order valence-electron chi connectivity index (χ4n) is 3.96. The number of nitrogens with zero attached hydrogens (tertiary/aromatic N) is 2. The van der Waals surface area contributed by atoms with Crippen LogP contribution in [-0.4, -0.2) is 22.5 Å². The molecule has 0 bridgehead atoms. The van der Waals surface area contributed by atoms with Crippen molar-refractivity contribution in [2.75, 3.05) is 0 Å². The molecule has 172 valence electrons. The van der Waals surface area contributed by atoms with Gasteiger partial charge in [0.2, 0.25) is 0 Å². The average Bonchev–Trinajstić information content (AvgIpc) is 3.17. The van der Waals surface area contributed by atoms with Crippen molar-refractivity contribution in [3.05, 3.63) is 118 Å². The molecule has 2 amide bonds. The molecular formula is C29H21ClN2O3. The second-order valence-corrected chi connectivity index (χ2v) is 8.58. The Bertz CT molecular complexity index is 1490. The molecule has 0 N–H and O–H groups in total. The van der Waals surface area contributed by atoms with Crippen LogP contribution in [0.3, 0.4) is 0 Å². The van der Waals surface area contributed by atoms with E-state index in [0.29, 0.717) is 34.2 Å². The predicted molar refractivity (Wildman–Crippen MR) is 138 cm³/mol. The molecule has 0 unspecified atom stereocenters. The molecular weight excluding hydrogens is 460 g/mol. The monoisotopic (exact) mass is 480 g/mol. The predicted octanol–water partition coefficient (Wildman–Crippen LogP) is 6.51. The molecule has 5 rings (SSSR count). The maximum atomic E-state index is 13.3. The van der Waals surface area contributed by atoms with Gasteiger partial charge in [0.25, 0.3) is 11.8 Å². The minimum absolute atomic E-state index is 0.339. The van der Waals surface area contributed by atoms with Gasteiger partial charge in [-0.2, -0.15) is 10.1 Å². The van der Waals surface area contributed by atoms with Crippen LogP contribution in [0.5, 0.6) is 5.75 Å². The fourth-order valence-corrected chi connectivity index (χ4v) is 4.09. The molecule has 0 saturated carbocycles. The number of hydrogen-bond acceptors (Lipinski definition) is 4. The molecule has 0 aliphatic carbocycles. The van der Waals surface area contributed by atoms with Crippen molar-refractivity contribution in [1.82, 2.24) is 5.01 Å². The van der Waals surface area contributed by atoms with E-state index < -0.39 is 11.8 Å². The SMILES string of the molecule is CC1=NN(C(=O)c2ccccc2)C(=O)/C1=C/c1c(OCc2ccc(Cl)cc2)ccc2ccccc12. The van der Waals surface area contributed by atoms with E-state index in [1.54, 1.807) is 37.3 Å². The highest BCUT2D eigenvalue weighted by Gasteiger charge is 2.33. The van der Waals surface area contributed by atoms with E-state index in [1.165, 1.54) is 0 Å². The normalized spacial score (nSPS) is 14.5. The highest BCUT2D eigenvalue weighted by molar-refractivity contribution is 6.31. The molecule has 4 aromatic rings. The van der Waals surface area contributed by atoms with Gasteiger partial charge < -0.3 is 4.74 Å². The summed E-state index contributed by atoms with van der Waals surface area (Å²) in [6.07, 6.45) is 1.76. The van der Waals surface area contributed by atoms with Gasteiger partial charge in [-0.25, -0.2) is 0 Å². The number of halogens is 1. The largest absolute Gasteiger partial charge is 0.488 e. The van der Waals surface area contributed by atoms with Gasteiger partial charge in [-0.3, -0.25) is 9.59 Å². The van der Waals surface area contributed by atoms with Gasteiger partial charge in [-0.15, -0.1) is 0 Å². The maximum absolute atomic E-state index is 13.3. The molecule has 0 saturated heterocycles. The van der Waals surface area contributed by atoms with E-state index in [-0.39, 0.29) is 0 Å². The van der Waals surface area contributed by atoms with Crippen molar-refractivity contribution in [3.8, 4) is 5.75 Å². The van der Waals surface area contributed by atoms with Crippen molar-refractivity contribution in [2.45, 2.75) is 13.5 Å². The van der Waals surface area contributed by atoms with Crippen LogP contribution in [0.1, 0.15) is 28.4 Å². The van der Waals surface area contributed by atoms with Crippen LogP contribution in [0.25, 0.3) is 16.8 Å². The van der Waals surface area contributed by atoms with Crippen molar-refractivity contribution in [3.63, 3.8) is 0 Å². The lowest BCUT2D eigenvalue weighted by Gasteiger charge is -2.13. The Morgan fingerprint density at radius 1 is 0.943 bits per heavy atom. The molecule has 0 fully saturated rings. The summed E-state index contributed by atoms with van der Waals surface area (Å²) < 4.78 is 6.18. The Morgan fingerprint density at radius 2 is 1.66 bits per heavy atom. The summed E-state index contributed by atoms with van der Waals surface area (Å²) in [7, 11) is 0. The summed E-state index contributed by atoms with van der Waals surface area (Å²) in [6.45, 7) is 2.06. The molecule has 0 aromatic heterocycles. The Balaban J connectivity index is 1.52. The number of ether oxygens (including phenoxy) is 1. The van der Waals surface area contributed by atoms with Gasteiger partial charge in [-0.1, -0.05) is 72.3 Å². The first-order valence-electron chi connectivity index (χ1n) is 11.1. The smallest absolute Gasteiger partial charge is 0.283 e. The van der Waals surface area contributed by atoms with Crippen molar-refractivity contribution >= 4 is 46.0 Å². The number of amides is 2. The first-order chi connectivity index (χ1) is 17.0. The third-order valence-electron chi connectivity index (χ3n) is 5.80. The van der Waals surface area contributed by atoms with Crippen LogP contribution in [0.2, 0.25) is 5.02 Å². The number of hydrazone groups is 1. The van der Waals surface area contributed by atoms with Crippen LogP contribution in [-0.2, 0) is 11.4 Å². The van der Waals surface area contributed by atoms with Crippen molar-refractivity contribution in [2.24, 2.45) is 5.10 Å². The summed E-state index contributed by atoms with van der Waals surface area (Å²) in [4.78, 5) is 26.2. The van der Waals surface area contributed by atoms with E-state index in [2.05, 4.69) is 5.10 Å². The number of rotatable bonds is 5. The molecule has 35 heavy (non-hydrogen) atoms. The number of carbonyl (C=O) groups excluding carboxylic acids is 2. The van der Waals surface area contributed by atoms with Crippen LogP contribution < -0.4 is 4.74 Å². The summed E-state index contributed by atoms with van der Waals surface area (Å²) in [6, 6.07) is 27.9. The number of fused-ring (bicyclic) bond motifs is 1. The molecule has 0 spiro atoms. The molecule has 5 nitrogen and oxygen atoms in total. The third kappa shape index (κ3) is 4.59. The molecule has 6 heteroatoms. The van der Waals surface area contributed by atoms with Gasteiger partial charge in [-0.05, 0) is 59.7 Å². The zero-order valence-corrected chi connectivity index (χ0v) is 19.7. The highest BCUT2D eigenvalue weighted by atomic mass is 35.5. The van der Waals surface area contributed by atoms with Crippen molar-refractivity contribution < 1.29 is 14.3 Å². The molecule has 1 aliphatic rings. The Hall–Kier alpha value is -4.22. The van der Waals surface area contributed by atoms with E-state index in [9.17, 15) is 9.59 Å². The molecule has 4 aromatic carbocycles. The number of imide groups is 1. The lowest BCUT2D eigenvalue weighted by Crippen LogP contribution is -2.29. The Morgan fingerprint density at radius 3 is 2.43 bits per heavy atom. The standard InChI is InChI=1S/C29H21ClN2O3/c1-19-25(29(34)32(31-19)28(33)22-8-3-2-4-9-22)17-26-24-10-6-5-7-21(24)13-16-27(26)35-18-20-11-14-23(30)15-12-20/h2-17H,18H2,1H3/b25-17+. The zero-order chi connectivity index (χ0) is 24.4. The van der Waals surface area contributed by atoms with Crippen LogP contribution in [0.4, 0.5) is 0 Å². The summed E-state index contributed by atoms with van der Waals surface area (Å²) >= 11 is 6.00.